The highest BCUT2D eigenvalue weighted by atomic mass is 16.5. The summed E-state index contributed by atoms with van der Waals surface area (Å²) in [6.45, 7) is 3.02. The molecule has 1 aliphatic rings. The fraction of sp³-hybridized carbons (Fsp3) is 0.364. The Hall–Kier alpha value is -3.00. The van der Waals surface area contributed by atoms with Crippen LogP contribution in [0.4, 0.5) is 11.5 Å². The Morgan fingerprint density at radius 1 is 1.19 bits per heavy atom. The van der Waals surface area contributed by atoms with Gasteiger partial charge in [-0.05, 0) is 48.3 Å². The molecule has 0 spiro atoms. The number of nitrogens with one attached hydrogen (secondary N) is 2. The number of rotatable bonds is 5. The molecule has 4 rings (SSSR count). The zero-order valence-electron chi connectivity index (χ0n) is 15.5. The predicted molar refractivity (Wildman–Crippen MR) is 107 cm³/mol. The number of nitrogens with zero attached hydrogens (tertiary/aromatic N) is 2. The van der Waals surface area contributed by atoms with Crippen LogP contribution in [0.1, 0.15) is 38.3 Å². The van der Waals surface area contributed by atoms with Gasteiger partial charge in [-0.1, -0.05) is 25.8 Å². The maximum absolute atomic E-state index is 9.31. The minimum atomic E-state index is 0.355. The Balaban J connectivity index is 1.47. The van der Waals surface area contributed by atoms with Gasteiger partial charge in [0, 0.05) is 29.5 Å². The molecule has 0 atom stereocenters. The van der Waals surface area contributed by atoms with Crippen molar-refractivity contribution in [3.63, 3.8) is 0 Å². The van der Waals surface area contributed by atoms with Crippen LogP contribution in [0, 0.1) is 23.2 Å². The van der Waals surface area contributed by atoms with Gasteiger partial charge in [0.15, 0.2) is 0 Å². The van der Waals surface area contributed by atoms with Gasteiger partial charge < -0.3 is 15.0 Å². The first-order valence-corrected chi connectivity index (χ1v) is 9.59. The van der Waals surface area contributed by atoms with Crippen LogP contribution in [0.15, 0.2) is 42.6 Å². The number of anilines is 2. The molecule has 0 bridgehead atoms. The minimum Gasteiger partial charge on any atom is -0.493 e. The highest BCUT2D eigenvalue weighted by Crippen LogP contribution is 2.29. The SMILES string of the molecule is CC1CCC(COc2cc(C#N)nc(Nc3ccc4cc[nH]c4c3)c2)CC1. The molecule has 1 saturated carbocycles. The highest BCUT2D eigenvalue weighted by Gasteiger charge is 2.19. The van der Waals surface area contributed by atoms with Crippen LogP contribution in [0.2, 0.25) is 0 Å². The first-order chi connectivity index (χ1) is 13.2. The van der Waals surface area contributed by atoms with Gasteiger partial charge in [0.05, 0.1) is 6.61 Å². The van der Waals surface area contributed by atoms with Gasteiger partial charge in [-0.15, -0.1) is 0 Å². The summed E-state index contributed by atoms with van der Waals surface area (Å²) < 4.78 is 6.02. The topological polar surface area (TPSA) is 73.7 Å². The van der Waals surface area contributed by atoms with Crippen LogP contribution in [0.25, 0.3) is 10.9 Å². The molecule has 0 unspecified atom stereocenters. The van der Waals surface area contributed by atoms with Gasteiger partial charge in [0.1, 0.15) is 23.3 Å². The molecule has 3 aromatic rings. The molecule has 1 fully saturated rings. The number of hydrogen-bond donors (Lipinski definition) is 2. The number of nitriles is 1. The Labute approximate surface area is 159 Å². The molecule has 1 aromatic carbocycles. The van der Waals surface area contributed by atoms with Gasteiger partial charge in [0.25, 0.3) is 0 Å². The third-order valence-corrected chi connectivity index (χ3v) is 5.36. The van der Waals surface area contributed by atoms with E-state index in [9.17, 15) is 5.26 Å². The number of H-pyrrole nitrogens is 1. The summed E-state index contributed by atoms with van der Waals surface area (Å²) in [4.78, 5) is 7.56. The second-order valence-corrected chi connectivity index (χ2v) is 7.53. The van der Waals surface area contributed by atoms with E-state index >= 15 is 0 Å². The second kappa shape index (κ2) is 7.71. The maximum Gasteiger partial charge on any atom is 0.146 e. The van der Waals surface area contributed by atoms with Gasteiger partial charge in [0.2, 0.25) is 0 Å². The van der Waals surface area contributed by atoms with Crippen LogP contribution in [0.5, 0.6) is 5.75 Å². The number of pyridine rings is 1. The van der Waals surface area contributed by atoms with Crippen molar-refractivity contribution in [1.29, 1.82) is 5.26 Å². The lowest BCUT2D eigenvalue weighted by Crippen LogP contribution is -2.18. The largest absolute Gasteiger partial charge is 0.493 e. The van der Waals surface area contributed by atoms with Crippen molar-refractivity contribution in [2.45, 2.75) is 32.6 Å². The highest BCUT2D eigenvalue weighted by molar-refractivity contribution is 5.83. The average Bonchev–Trinajstić information content (AvgIpc) is 3.15. The van der Waals surface area contributed by atoms with Crippen molar-refractivity contribution < 1.29 is 4.74 Å². The standard InChI is InChI=1S/C22H24N4O/c1-15-2-4-16(5-3-15)14-27-20-10-19(13-23)26-22(12-20)25-18-7-6-17-8-9-24-21(17)11-18/h6-12,15-16,24H,2-5,14H2,1H3,(H,25,26). The molecule has 2 heterocycles. The molecule has 0 saturated heterocycles. The first-order valence-electron chi connectivity index (χ1n) is 9.59. The zero-order valence-corrected chi connectivity index (χ0v) is 15.5. The molecule has 27 heavy (non-hydrogen) atoms. The van der Waals surface area contributed by atoms with E-state index in [1.54, 1.807) is 6.07 Å². The number of aromatic nitrogens is 2. The number of fused-ring (bicyclic) bond motifs is 1. The predicted octanol–water partition coefficient (Wildman–Crippen LogP) is 5.38. The van der Waals surface area contributed by atoms with E-state index in [4.69, 9.17) is 4.74 Å². The number of aromatic amines is 1. The summed E-state index contributed by atoms with van der Waals surface area (Å²) in [5, 5.41) is 13.8. The van der Waals surface area contributed by atoms with E-state index in [2.05, 4.69) is 28.3 Å². The number of hydrogen-bond acceptors (Lipinski definition) is 4. The van der Waals surface area contributed by atoms with Crippen LogP contribution in [-0.4, -0.2) is 16.6 Å². The summed E-state index contributed by atoms with van der Waals surface area (Å²) in [7, 11) is 0. The molecule has 5 nitrogen and oxygen atoms in total. The van der Waals surface area contributed by atoms with E-state index in [1.165, 1.54) is 25.7 Å². The Morgan fingerprint density at radius 2 is 2.04 bits per heavy atom. The fourth-order valence-corrected chi connectivity index (χ4v) is 3.69. The molecule has 1 aliphatic carbocycles. The van der Waals surface area contributed by atoms with E-state index < -0.39 is 0 Å². The van der Waals surface area contributed by atoms with Gasteiger partial charge >= 0.3 is 0 Å². The van der Waals surface area contributed by atoms with E-state index in [0.717, 1.165) is 22.5 Å². The lowest BCUT2D eigenvalue weighted by Gasteiger charge is -2.26. The molecule has 138 valence electrons. The van der Waals surface area contributed by atoms with Crippen LogP contribution in [-0.2, 0) is 0 Å². The molecule has 5 heteroatoms. The van der Waals surface area contributed by atoms with Crippen molar-refractivity contribution >= 4 is 22.4 Å². The fourth-order valence-electron chi connectivity index (χ4n) is 3.69. The molecule has 2 N–H and O–H groups in total. The monoisotopic (exact) mass is 360 g/mol. The summed E-state index contributed by atoms with van der Waals surface area (Å²) in [5.74, 6) is 2.75. The second-order valence-electron chi connectivity index (χ2n) is 7.53. The van der Waals surface area contributed by atoms with E-state index in [1.807, 2.05) is 36.5 Å². The van der Waals surface area contributed by atoms with Gasteiger partial charge in [-0.25, -0.2) is 4.98 Å². The lowest BCUT2D eigenvalue weighted by molar-refractivity contribution is 0.188. The normalized spacial score (nSPS) is 19.6. The zero-order chi connectivity index (χ0) is 18.6. The van der Waals surface area contributed by atoms with E-state index in [-0.39, 0.29) is 0 Å². The van der Waals surface area contributed by atoms with E-state index in [0.29, 0.717) is 29.8 Å². The number of ether oxygens (including phenoxy) is 1. The molecule has 0 radical (unpaired) electrons. The molecule has 2 aromatic heterocycles. The molecular weight excluding hydrogens is 336 g/mol. The third-order valence-electron chi connectivity index (χ3n) is 5.36. The Kier molecular flexibility index (Phi) is 4.97. The van der Waals surface area contributed by atoms with Crippen LogP contribution < -0.4 is 10.1 Å². The molecular formula is C22H24N4O. The van der Waals surface area contributed by atoms with Gasteiger partial charge in [-0.3, -0.25) is 0 Å². The maximum atomic E-state index is 9.31. The van der Waals surface area contributed by atoms with Crippen molar-refractivity contribution in [1.82, 2.24) is 9.97 Å². The molecule has 0 amide bonds. The molecule has 0 aliphatic heterocycles. The third kappa shape index (κ3) is 4.22. The Morgan fingerprint density at radius 3 is 2.85 bits per heavy atom. The average molecular weight is 360 g/mol. The van der Waals surface area contributed by atoms with Crippen molar-refractivity contribution in [3.8, 4) is 11.8 Å². The Bertz CT molecular complexity index is 964. The smallest absolute Gasteiger partial charge is 0.146 e. The summed E-state index contributed by atoms with van der Waals surface area (Å²) in [6, 6.07) is 13.8. The van der Waals surface area contributed by atoms with Crippen LogP contribution >= 0.6 is 0 Å². The summed E-state index contributed by atoms with van der Waals surface area (Å²) in [6.07, 6.45) is 6.92. The quantitative estimate of drug-likeness (QED) is 0.640. The van der Waals surface area contributed by atoms with Crippen molar-refractivity contribution in [2.75, 3.05) is 11.9 Å². The lowest BCUT2D eigenvalue weighted by atomic mass is 9.83. The van der Waals surface area contributed by atoms with Gasteiger partial charge in [-0.2, -0.15) is 5.26 Å². The summed E-state index contributed by atoms with van der Waals surface area (Å²) in [5.41, 5.74) is 2.33. The minimum absolute atomic E-state index is 0.355. The number of benzene rings is 1. The van der Waals surface area contributed by atoms with Crippen LogP contribution in [0.3, 0.4) is 0 Å². The van der Waals surface area contributed by atoms with Crippen molar-refractivity contribution in [3.05, 3.63) is 48.3 Å². The first kappa shape index (κ1) is 17.4. The van der Waals surface area contributed by atoms with Crippen molar-refractivity contribution in [2.24, 2.45) is 11.8 Å². The summed E-state index contributed by atoms with van der Waals surface area (Å²) >= 11 is 0.